The van der Waals surface area contributed by atoms with Crippen molar-refractivity contribution in [2.24, 2.45) is 5.92 Å². The van der Waals surface area contributed by atoms with Gasteiger partial charge in [0.2, 0.25) is 5.91 Å². The third-order valence-electron chi connectivity index (χ3n) is 5.01. The van der Waals surface area contributed by atoms with Gasteiger partial charge in [0, 0.05) is 29.5 Å². The second-order valence-corrected chi connectivity index (χ2v) is 8.50. The fraction of sp³-hybridized carbons (Fsp3) is 0.364. The Kier molecular flexibility index (Phi) is 6.22. The van der Waals surface area contributed by atoms with Gasteiger partial charge >= 0.3 is 0 Å². The molecule has 1 saturated heterocycles. The highest BCUT2D eigenvalue weighted by Gasteiger charge is 2.30. The summed E-state index contributed by atoms with van der Waals surface area (Å²) >= 11 is 1.58. The number of aryl methyl sites for hydroxylation is 1. The molecule has 1 fully saturated rings. The van der Waals surface area contributed by atoms with E-state index >= 15 is 0 Å². The minimum Gasteiger partial charge on any atom is -0.508 e. The van der Waals surface area contributed by atoms with Gasteiger partial charge in [0.1, 0.15) is 5.75 Å². The van der Waals surface area contributed by atoms with Crippen LogP contribution in [-0.4, -0.2) is 40.0 Å². The maximum absolute atomic E-state index is 12.7. The minimum atomic E-state index is -0.142. The molecule has 0 radical (unpaired) electrons. The molecule has 0 aliphatic carbocycles. The van der Waals surface area contributed by atoms with Crippen LogP contribution in [0.15, 0.2) is 53.4 Å². The average molecular weight is 384 g/mol. The van der Waals surface area contributed by atoms with Gasteiger partial charge in [0.05, 0.1) is 5.25 Å². The highest BCUT2D eigenvalue weighted by atomic mass is 32.2. The summed E-state index contributed by atoms with van der Waals surface area (Å²) in [5.74, 6) is 0.339. The van der Waals surface area contributed by atoms with Crippen molar-refractivity contribution in [3.63, 3.8) is 0 Å². The molecule has 0 aromatic heterocycles. The summed E-state index contributed by atoms with van der Waals surface area (Å²) in [4.78, 5) is 28.3. The zero-order chi connectivity index (χ0) is 19.4. The van der Waals surface area contributed by atoms with Gasteiger partial charge in [-0.1, -0.05) is 17.7 Å². The Morgan fingerprint density at radius 2 is 1.63 bits per heavy atom. The molecule has 4 nitrogen and oxygen atoms in total. The molecule has 1 aliphatic heterocycles. The lowest BCUT2D eigenvalue weighted by molar-refractivity contribution is -0.131. The van der Waals surface area contributed by atoms with Crippen LogP contribution in [0.25, 0.3) is 0 Å². The molecule has 1 amide bonds. The molecule has 0 spiro atoms. The largest absolute Gasteiger partial charge is 0.508 e. The van der Waals surface area contributed by atoms with Gasteiger partial charge in [-0.15, -0.1) is 11.8 Å². The van der Waals surface area contributed by atoms with E-state index < -0.39 is 0 Å². The quantitative estimate of drug-likeness (QED) is 0.618. The molecule has 0 bridgehead atoms. The molecular formula is C22H25NO3S. The van der Waals surface area contributed by atoms with E-state index in [0.29, 0.717) is 31.5 Å². The Labute approximate surface area is 164 Å². The van der Waals surface area contributed by atoms with Crippen molar-refractivity contribution < 1.29 is 14.7 Å². The number of phenolic OH excluding ortho intramolecular Hbond substituents is 1. The summed E-state index contributed by atoms with van der Waals surface area (Å²) in [7, 11) is 0. The van der Waals surface area contributed by atoms with Gasteiger partial charge < -0.3 is 10.0 Å². The Hall–Kier alpha value is -2.27. The number of phenols is 1. The van der Waals surface area contributed by atoms with Crippen molar-refractivity contribution >= 4 is 23.5 Å². The van der Waals surface area contributed by atoms with Crippen LogP contribution in [0.4, 0.5) is 0 Å². The number of carbonyl (C=O) groups is 2. The summed E-state index contributed by atoms with van der Waals surface area (Å²) in [6.07, 6.45) is 1.38. The van der Waals surface area contributed by atoms with Crippen LogP contribution in [0.2, 0.25) is 0 Å². The number of aromatic hydroxyl groups is 1. The van der Waals surface area contributed by atoms with Crippen LogP contribution in [-0.2, 0) is 4.79 Å². The van der Waals surface area contributed by atoms with Gasteiger partial charge in [-0.25, -0.2) is 0 Å². The van der Waals surface area contributed by atoms with Crippen LogP contribution in [0.1, 0.15) is 35.7 Å². The van der Waals surface area contributed by atoms with Gasteiger partial charge in [-0.3, -0.25) is 9.59 Å². The number of likely N-dealkylation sites (tertiary alicyclic amines) is 1. The Bertz CT molecular complexity index is 793. The smallest absolute Gasteiger partial charge is 0.235 e. The van der Waals surface area contributed by atoms with Crippen LogP contribution in [0, 0.1) is 12.8 Å². The molecule has 0 saturated carbocycles. The lowest BCUT2D eigenvalue weighted by Crippen LogP contribution is -2.43. The third kappa shape index (κ3) is 4.92. The second-order valence-electron chi connectivity index (χ2n) is 7.08. The van der Waals surface area contributed by atoms with Gasteiger partial charge in [-0.2, -0.15) is 0 Å². The number of piperidine rings is 1. The first-order chi connectivity index (χ1) is 12.9. The summed E-state index contributed by atoms with van der Waals surface area (Å²) in [5.41, 5.74) is 1.83. The number of carbonyl (C=O) groups excluding carboxylic acids is 2. The second kappa shape index (κ2) is 8.61. The number of thioether (sulfide) groups is 1. The molecule has 3 rings (SSSR count). The van der Waals surface area contributed by atoms with Crippen molar-refractivity contribution in [3.8, 4) is 5.75 Å². The molecule has 5 heteroatoms. The summed E-state index contributed by atoms with van der Waals surface area (Å²) in [5, 5.41) is 9.22. The number of hydrogen-bond donors (Lipinski definition) is 1. The fourth-order valence-corrected chi connectivity index (χ4v) is 4.30. The van der Waals surface area contributed by atoms with Crippen molar-refractivity contribution in [3.05, 3.63) is 59.7 Å². The number of nitrogens with zero attached hydrogens (tertiary/aromatic N) is 1. The van der Waals surface area contributed by atoms with Crippen molar-refractivity contribution in [2.45, 2.75) is 36.8 Å². The zero-order valence-corrected chi connectivity index (χ0v) is 16.5. The monoisotopic (exact) mass is 383 g/mol. The molecule has 1 atom stereocenters. The fourth-order valence-electron chi connectivity index (χ4n) is 3.35. The highest BCUT2D eigenvalue weighted by Crippen LogP contribution is 2.28. The van der Waals surface area contributed by atoms with E-state index in [1.807, 2.05) is 30.9 Å². The van der Waals surface area contributed by atoms with Crippen molar-refractivity contribution in [1.29, 1.82) is 0 Å². The van der Waals surface area contributed by atoms with E-state index in [4.69, 9.17) is 0 Å². The normalized spacial score (nSPS) is 16.1. The van der Waals surface area contributed by atoms with Gasteiger partial charge in [0.15, 0.2) is 5.78 Å². The van der Waals surface area contributed by atoms with Crippen molar-refractivity contribution in [2.75, 3.05) is 13.1 Å². The van der Waals surface area contributed by atoms with E-state index in [9.17, 15) is 14.7 Å². The molecule has 1 N–H and O–H groups in total. The van der Waals surface area contributed by atoms with Crippen LogP contribution in [0.5, 0.6) is 5.75 Å². The van der Waals surface area contributed by atoms with Gasteiger partial charge in [-0.05, 0) is 63.1 Å². The predicted molar refractivity (Wildman–Crippen MR) is 108 cm³/mol. The van der Waals surface area contributed by atoms with E-state index in [1.165, 1.54) is 17.7 Å². The van der Waals surface area contributed by atoms with E-state index in [2.05, 4.69) is 12.1 Å². The molecule has 2 aromatic carbocycles. The van der Waals surface area contributed by atoms with E-state index in [0.717, 1.165) is 4.90 Å². The lowest BCUT2D eigenvalue weighted by atomic mass is 9.89. The Balaban J connectivity index is 1.53. The summed E-state index contributed by atoms with van der Waals surface area (Å²) in [6, 6.07) is 14.6. The Morgan fingerprint density at radius 1 is 1.04 bits per heavy atom. The molecule has 2 aromatic rings. The van der Waals surface area contributed by atoms with Crippen molar-refractivity contribution in [1.82, 2.24) is 4.90 Å². The van der Waals surface area contributed by atoms with Crippen LogP contribution in [0.3, 0.4) is 0 Å². The SMILES string of the molecule is Cc1ccc(S[C@H](C)C(=O)N2CCC(C(=O)c3ccc(O)cc3)CC2)cc1. The Morgan fingerprint density at radius 3 is 2.22 bits per heavy atom. The number of Topliss-reactive ketones (excluding diaryl/α,β-unsaturated/α-hetero) is 1. The number of hydrogen-bond acceptors (Lipinski definition) is 4. The summed E-state index contributed by atoms with van der Waals surface area (Å²) in [6.45, 7) is 5.23. The highest BCUT2D eigenvalue weighted by molar-refractivity contribution is 8.00. The topological polar surface area (TPSA) is 57.6 Å². The standard InChI is InChI=1S/C22H25NO3S/c1-15-3-9-20(10-4-15)27-16(2)22(26)23-13-11-18(12-14-23)21(25)17-5-7-19(24)8-6-17/h3-10,16,18,24H,11-14H2,1-2H3/t16-/m1/s1. The molecule has 0 unspecified atom stereocenters. The van der Waals surface area contributed by atoms with E-state index in [-0.39, 0.29) is 28.6 Å². The molecule has 1 heterocycles. The first-order valence-corrected chi connectivity index (χ1v) is 10.2. The number of benzene rings is 2. The minimum absolute atomic E-state index is 0.0568. The predicted octanol–water partition coefficient (Wildman–Crippen LogP) is 4.30. The number of ketones is 1. The first kappa shape index (κ1) is 19.5. The molecular weight excluding hydrogens is 358 g/mol. The van der Waals surface area contributed by atoms with Gasteiger partial charge in [0.25, 0.3) is 0 Å². The zero-order valence-electron chi connectivity index (χ0n) is 15.7. The van der Waals surface area contributed by atoms with Crippen LogP contribution < -0.4 is 0 Å². The van der Waals surface area contributed by atoms with E-state index in [1.54, 1.807) is 23.9 Å². The number of amides is 1. The van der Waals surface area contributed by atoms with Crippen LogP contribution >= 0.6 is 11.8 Å². The third-order valence-corrected chi connectivity index (χ3v) is 6.11. The number of rotatable bonds is 5. The lowest BCUT2D eigenvalue weighted by Gasteiger charge is -2.33. The molecule has 27 heavy (non-hydrogen) atoms. The average Bonchev–Trinajstić information content (AvgIpc) is 2.69. The maximum Gasteiger partial charge on any atom is 0.235 e. The molecule has 1 aliphatic rings. The first-order valence-electron chi connectivity index (χ1n) is 9.29. The maximum atomic E-state index is 12.7. The molecule has 142 valence electrons. The summed E-state index contributed by atoms with van der Waals surface area (Å²) < 4.78 is 0.